The number of halogens is 1. The molecular weight excluding hydrogens is 223 g/mol. The molecule has 0 amide bonds. The first-order valence-electron chi connectivity index (χ1n) is 5.74. The number of hydrogen-bond donors (Lipinski definition) is 1. The molecule has 0 bridgehead atoms. The summed E-state index contributed by atoms with van der Waals surface area (Å²) in [7, 11) is 0. The van der Waals surface area contributed by atoms with Gasteiger partial charge in [0.2, 0.25) is 0 Å². The molecule has 1 rings (SSSR count). The topological polar surface area (TPSA) is 9.23 Å². The fourth-order valence-corrected chi connectivity index (χ4v) is 1.71. The van der Waals surface area contributed by atoms with E-state index in [4.69, 9.17) is 4.74 Å². The molecule has 0 saturated heterocycles. The molecule has 0 radical (unpaired) electrons. The first-order valence-corrected chi connectivity index (χ1v) is 6.37. The second kappa shape index (κ2) is 7.55. The van der Waals surface area contributed by atoms with Crippen molar-refractivity contribution in [2.45, 2.75) is 32.6 Å². The summed E-state index contributed by atoms with van der Waals surface area (Å²) in [5, 5.41) is 0. The van der Waals surface area contributed by atoms with Gasteiger partial charge in [0, 0.05) is 0 Å². The molecule has 0 fully saturated rings. The van der Waals surface area contributed by atoms with E-state index < -0.39 is 0 Å². The van der Waals surface area contributed by atoms with Crippen LogP contribution in [0.25, 0.3) is 0 Å². The summed E-state index contributed by atoms with van der Waals surface area (Å²) in [5.74, 6) is 1.07. The molecule has 0 saturated carbocycles. The quantitative estimate of drug-likeness (QED) is 0.561. The average Bonchev–Trinajstić information content (AvgIpc) is 2.29. The number of thiol groups is 1. The molecule has 0 spiro atoms. The third kappa shape index (κ3) is 4.44. The monoisotopic (exact) mass is 242 g/mol. The van der Waals surface area contributed by atoms with Gasteiger partial charge >= 0.3 is 0 Å². The molecule has 0 aliphatic carbocycles. The summed E-state index contributed by atoms with van der Waals surface area (Å²) in [4.78, 5) is 0. The van der Waals surface area contributed by atoms with Crippen LogP contribution in [0.2, 0.25) is 0 Å². The highest BCUT2D eigenvalue weighted by Crippen LogP contribution is 2.19. The summed E-state index contributed by atoms with van der Waals surface area (Å²) >= 11 is 4.15. The van der Waals surface area contributed by atoms with Crippen molar-refractivity contribution < 1.29 is 9.13 Å². The zero-order valence-corrected chi connectivity index (χ0v) is 10.6. The zero-order chi connectivity index (χ0) is 11.8. The SMILES string of the molecule is Cc1cccc(OCCCCCCS)c1F. The Kier molecular flexibility index (Phi) is 6.31. The molecule has 0 aliphatic heterocycles. The van der Waals surface area contributed by atoms with Crippen LogP contribution in [0.5, 0.6) is 5.75 Å². The van der Waals surface area contributed by atoms with E-state index in [0.29, 0.717) is 17.9 Å². The molecule has 0 aromatic heterocycles. The third-order valence-electron chi connectivity index (χ3n) is 2.47. The standard InChI is InChI=1S/C13H19FOS/c1-11-7-6-8-12(13(11)14)15-9-4-2-3-5-10-16/h6-8,16H,2-5,9-10H2,1H3. The van der Waals surface area contributed by atoms with Crippen molar-refractivity contribution >= 4 is 12.6 Å². The van der Waals surface area contributed by atoms with Crippen molar-refractivity contribution in [3.8, 4) is 5.75 Å². The van der Waals surface area contributed by atoms with Crippen molar-refractivity contribution in [3.05, 3.63) is 29.6 Å². The van der Waals surface area contributed by atoms with Crippen LogP contribution in [0.15, 0.2) is 18.2 Å². The molecule has 90 valence electrons. The van der Waals surface area contributed by atoms with Crippen LogP contribution in [-0.2, 0) is 0 Å². The van der Waals surface area contributed by atoms with E-state index >= 15 is 0 Å². The minimum Gasteiger partial charge on any atom is -0.491 e. The minimum absolute atomic E-state index is 0.238. The van der Waals surface area contributed by atoms with Gasteiger partial charge in [-0.1, -0.05) is 25.0 Å². The lowest BCUT2D eigenvalue weighted by Gasteiger charge is -2.08. The number of ether oxygens (including phenoxy) is 1. The molecule has 1 aromatic carbocycles. The van der Waals surface area contributed by atoms with Gasteiger partial charge in [-0.25, -0.2) is 4.39 Å². The van der Waals surface area contributed by atoms with Crippen molar-refractivity contribution in [1.82, 2.24) is 0 Å². The Morgan fingerprint density at radius 3 is 2.69 bits per heavy atom. The van der Waals surface area contributed by atoms with Crippen LogP contribution < -0.4 is 4.74 Å². The van der Waals surface area contributed by atoms with E-state index in [-0.39, 0.29) is 5.82 Å². The summed E-state index contributed by atoms with van der Waals surface area (Å²) in [6.45, 7) is 2.34. The number of hydrogen-bond acceptors (Lipinski definition) is 2. The Balaban J connectivity index is 2.24. The van der Waals surface area contributed by atoms with Crippen LogP contribution in [-0.4, -0.2) is 12.4 Å². The summed E-state index contributed by atoms with van der Waals surface area (Å²) in [6, 6.07) is 5.24. The second-order valence-corrected chi connectivity index (χ2v) is 4.32. The van der Waals surface area contributed by atoms with Crippen LogP contribution >= 0.6 is 12.6 Å². The average molecular weight is 242 g/mol. The highest BCUT2D eigenvalue weighted by Gasteiger charge is 2.04. The first-order chi connectivity index (χ1) is 7.75. The molecular formula is C13H19FOS. The minimum atomic E-state index is -0.238. The maximum atomic E-state index is 13.5. The van der Waals surface area contributed by atoms with Gasteiger partial charge in [0.15, 0.2) is 11.6 Å². The summed E-state index contributed by atoms with van der Waals surface area (Å²) in [6.07, 6.45) is 4.40. The molecule has 0 aliphatic rings. The van der Waals surface area contributed by atoms with E-state index in [1.54, 1.807) is 19.1 Å². The van der Waals surface area contributed by atoms with E-state index in [1.165, 1.54) is 6.42 Å². The van der Waals surface area contributed by atoms with Gasteiger partial charge in [-0.15, -0.1) is 0 Å². The van der Waals surface area contributed by atoms with Gasteiger partial charge in [0.05, 0.1) is 6.61 Å². The highest BCUT2D eigenvalue weighted by atomic mass is 32.1. The van der Waals surface area contributed by atoms with E-state index in [0.717, 1.165) is 25.0 Å². The van der Waals surface area contributed by atoms with E-state index in [2.05, 4.69) is 12.6 Å². The lowest BCUT2D eigenvalue weighted by atomic mass is 10.2. The molecule has 0 unspecified atom stereocenters. The first kappa shape index (κ1) is 13.4. The van der Waals surface area contributed by atoms with Crippen LogP contribution in [0.3, 0.4) is 0 Å². The van der Waals surface area contributed by atoms with Gasteiger partial charge in [-0.2, -0.15) is 12.6 Å². The lowest BCUT2D eigenvalue weighted by Crippen LogP contribution is -2.00. The van der Waals surface area contributed by atoms with Gasteiger partial charge in [-0.05, 0) is 37.1 Å². The number of rotatable bonds is 7. The molecule has 0 heterocycles. The predicted octanol–water partition coefficient (Wildman–Crippen LogP) is 4.00. The maximum absolute atomic E-state index is 13.5. The van der Waals surface area contributed by atoms with E-state index in [1.807, 2.05) is 6.07 Å². The zero-order valence-electron chi connectivity index (χ0n) is 9.71. The third-order valence-corrected chi connectivity index (χ3v) is 2.78. The normalized spacial score (nSPS) is 10.4. The van der Waals surface area contributed by atoms with Crippen LogP contribution in [0.1, 0.15) is 31.2 Å². The van der Waals surface area contributed by atoms with Crippen LogP contribution in [0, 0.1) is 12.7 Å². The van der Waals surface area contributed by atoms with Crippen molar-refractivity contribution in [1.29, 1.82) is 0 Å². The molecule has 1 nitrogen and oxygen atoms in total. The molecule has 0 N–H and O–H groups in total. The Morgan fingerprint density at radius 1 is 1.19 bits per heavy atom. The number of benzene rings is 1. The molecule has 1 aromatic rings. The predicted molar refractivity (Wildman–Crippen MR) is 69.0 cm³/mol. The Hall–Kier alpha value is -0.700. The largest absolute Gasteiger partial charge is 0.491 e. The Labute approximate surface area is 102 Å². The second-order valence-electron chi connectivity index (χ2n) is 3.87. The van der Waals surface area contributed by atoms with Crippen molar-refractivity contribution in [2.75, 3.05) is 12.4 Å². The highest BCUT2D eigenvalue weighted by molar-refractivity contribution is 7.80. The summed E-state index contributed by atoms with van der Waals surface area (Å²) in [5.41, 5.74) is 0.632. The number of unbranched alkanes of at least 4 members (excludes halogenated alkanes) is 3. The maximum Gasteiger partial charge on any atom is 0.167 e. The van der Waals surface area contributed by atoms with Crippen molar-refractivity contribution in [3.63, 3.8) is 0 Å². The van der Waals surface area contributed by atoms with Gasteiger partial charge in [-0.3, -0.25) is 0 Å². The fraction of sp³-hybridized carbons (Fsp3) is 0.538. The Bertz CT molecular complexity index is 315. The van der Waals surface area contributed by atoms with Crippen LogP contribution in [0.4, 0.5) is 4.39 Å². The molecule has 16 heavy (non-hydrogen) atoms. The molecule has 3 heteroatoms. The van der Waals surface area contributed by atoms with Gasteiger partial charge < -0.3 is 4.74 Å². The van der Waals surface area contributed by atoms with E-state index in [9.17, 15) is 4.39 Å². The lowest BCUT2D eigenvalue weighted by molar-refractivity contribution is 0.290. The molecule has 0 atom stereocenters. The van der Waals surface area contributed by atoms with Gasteiger partial charge in [0.1, 0.15) is 0 Å². The summed E-state index contributed by atoms with van der Waals surface area (Å²) < 4.78 is 18.9. The Morgan fingerprint density at radius 2 is 1.94 bits per heavy atom. The van der Waals surface area contributed by atoms with Gasteiger partial charge in [0.25, 0.3) is 0 Å². The number of aryl methyl sites for hydroxylation is 1. The smallest absolute Gasteiger partial charge is 0.167 e. The van der Waals surface area contributed by atoms with Crippen molar-refractivity contribution in [2.24, 2.45) is 0 Å². The fourth-order valence-electron chi connectivity index (χ4n) is 1.48.